The molecule has 0 spiro atoms. The molecule has 1 rings (SSSR count). The van der Waals surface area contributed by atoms with E-state index in [1.165, 1.54) is 12.1 Å². The fourth-order valence-electron chi connectivity index (χ4n) is 1.14. The Labute approximate surface area is 107 Å². The van der Waals surface area contributed by atoms with Crippen molar-refractivity contribution in [3.05, 3.63) is 33.3 Å². The highest BCUT2D eigenvalue weighted by molar-refractivity contribution is 6.41. The van der Waals surface area contributed by atoms with Gasteiger partial charge in [0.15, 0.2) is 0 Å². The average Bonchev–Trinajstić information content (AvgIpc) is 2.31. The zero-order valence-electron chi connectivity index (χ0n) is 9.40. The minimum Gasteiger partial charge on any atom is -0.348 e. The van der Waals surface area contributed by atoms with Gasteiger partial charge in [0.25, 0.3) is 5.69 Å². The second kappa shape index (κ2) is 5.97. The molecule has 0 bridgehead atoms. The first-order chi connectivity index (χ1) is 8.45. The van der Waals surface area contributed by atoms with Crippen LogP contribution >= 0.6 is 11.6 Å². The van der Waals surface area contributed by atoms with Gasteiger partial charge in [-0.2, -0.15) is 0 Å². The second-order valence-electron chi connectivity index (χ2n) is 3.23. The number of anilines is 1. The second-order valence-corrected chi connectivity index (χ2v) is 3.64. The van der Waals surface area contributed by atoms with Crippen molar-refractivity contribution in [3.8, 4) is 0 Å². The van der Waals surface area contributed by atoms with E-state index in [1.54, 1.807) is 6.92 Å². The van der Waals surface area contributed by atoms with Crippen molar-refractivity contribution in [2.24, 2.45) is 0 Å². The third-order valence-electron chi connectivity index (χ3n) is 1.95. The molecule has 2 N–H and O–H groups in total. The van der Waals surface area contributed by atoms with Crippen molar-refractivity contribution in [2.45, 2.75) is 6.92 Å². The third-order valence-corrected chi connectivity index (χ3v) is 2.28. The maximum absolute atomic E-state index is 11.4. The number of halogens is 1. The van der Waals surface area contributed by atoms with E-state index in [2.05, 4.69) is 10.6 Å². The number of hydrogen-bond donors (Lipinski definition) is 2. The van der Waals surface area contributed by atoms with Gasteiger partial charge in [-0.3, -0.25) is 19.7 Å². The quantitative estimate of drug-likeness (QED) is 0.492. The van der Waals surface area contributed by atoms with Crippen molar-refractivity contribution in [1.29, 1.82) is 0 Å². The van der Waals surface area contributed by atoms with Gasteiger partial charge in [-0.25, -0.2) is 0 Å². The molecule has 18 heavy (non-hydrogen) atoms. The zero-order chi connectivity index (χ0) is 13.7. The number of nitro groups is 1. The molecule has 0 heterocycles. The fourth-order valence-corrected chi connectivity index (χ4v) is 1.31. The van der Waals surface area contributed by atoms with Crippen LogP contribution in [0.2, 0.25) is 5.02 Å². The van der Waals surface area contributed by atoms with Gasteiger partial charge in [0.1, 0.15) is 0 Å². The average molecular weight is 272 g/mol. The van der Waals surface area contributed by atoms with E-state index in [0.717, 1.165) is 6.07 Å². The van der Waals surface area contributed by atoms with Gasteiger partial charge < -0.3 is 10.6 Å². The normalized spacial score (nSPS) is 9.67. The van der Waals surface area contributed by atoms with Crippen LogP contribution in [0, 0.1) is 10.1 Å². The summed E-state index contributed by atoms with van der Waals surface area (Å²) in [7, 11) is 0. The molecule has 7 nitrogen and oxygen atoms in total. The summed E-state index contributed by atoms with van der Waals surface area (Å²) in [5.41, 5.74) is -0.215. The number of carbonyl (C=O) groups excluding carboxylic acids is 2. The number of amides is 2. The summed E-state index contributed by atoms with van der Waals surface area (Å²) >= 11 is 5.76. The minimum absolute atomic E-state index is 0.0159. The lowest BCUT2D eigenvalue weighted by Crippen LogP contribution is -2.35. The van der Waals surface area contributed by atoms with Crippen LogP contribution in [0.3, 0.4) is 0 Å². The monoisotopic (exact) mass is 271 g/mol. The van der Waals surface area contributed by atoms with Crippen LogP contribution in [-0.4, -0.2) is 23.3 Å². The molecule has 0 saturated heterocycles. The highest BCUT2D eigenvalue weighted by Gasteiger charge is 2.16. The molecule has 0 atom stereocenters. The summed E-state index contributed by atoms with van der Waals surface area (Å²) in [6.07, 6.45) is 0. The van der Waals surface area contributed by atoms with Gasteiger partial charge in [-0.1, -0.05) is 11.6 Å². The molecular formula is C10H10ClN3O4. The molecule has 0 aromatic heterocycles. The van der Waals surface area contributed by atoms with Crippen LogP contribution in [-0.2, 0) is 9.59 Å². The molecule has 96 valence electrons. The van der Waals surface area contributed by atoms with E-state index in [9.17, 15) is 19.7 Å². The Morgan fingerprint density at radius 1 is 1.39 bits per heavy atom. The highest BCUT2D eigenvalue weighted by atomic mass is 35.5. The Bertz CT molecular complexity index is 504. The first-order valence-electron chi connectivity index (χ1n) is 4.98. The SMILES string of the molecule is CCNC(=O)C(=O)Nc1cc([N+](=O)[O-])ccc1Cl. The Hall–Kier alpha value is -2.15. The Morgan fingerprint density at radius 3 is 2.61 bits per heavy atom. The summed E-state index contributed by atoms with van der Waals surface area (Å²) < 4.78 is 0. The molecule has 0 fully saturated rings. The van der Waals surface area contributed by atoms with E-state index in [4.69, 9.17) is 11.6 Å². The fraction of sp³-hybridized carbons (Fsp3) is 0.200. The van der Waals surface area contributed by atoms with Crippen LogP contribution in [0.25, 0.3) is 0 Å². The third kappa shape index (κ3) is 3.42. The van der Waals surface area contributed by atoms with E-state index in [-0.39, 0.29) is 16.4 Å². The van der Waals surface area contributed by atoms with Crippen molar-refractivity contribution in [3.63, 3.8) is 0 Å². The van der Waals surface area contributed by atoms with Crippen molar-refractivity contribution < 1.29 is 14.5 Å². The van der Waals surface area contributed by atoms with Crippen LogP contribution in [0.5, 0.6) is 0 Å². The molecular weight excluding hydrogens is 262 g/mol. The molecule has 2 amide bonds. The van der Waals surface area contributed by atoms with E-state index < -0.39 is 16.7 Å². The number of rotatable bonds is 3. The van der Waals surface area contributed by atoms with Crippen molar-refractivity contribution >= 4 is 34.8 Å². The molecule has 1 aromatic rings. The molecule has 0 aliphatic heterocycles. The Morgan fingerprint density at radius 2 is 2.06 bits per heavy atom. The van der Waals surface area contributed by atoms with Crippen LogP contribution < -0.4 is 10.6 Å². The molecule has 0 unspecified atom stereocenters. The number of benzene rings is 1. The number of likely N-dealkylation sites (N-methyl/N-ethyl adjacent to an activating group) is 1. The van der Waals surface area contributed by atoms with Gasteiger partial charge in [0.2, 0.25) is 0 Å². The zero-order valence-corrected chi connectivity index (χ0v) is 10.2. The lowest BCUT2D eigenvalue weighted by molar-refractivity contribution is -0.384. The van der Waals surface area contributed by atoms with E-state index >= 15 is 0 Å². The van der Waals surface area contributed by atoms with Gasteiger partial charge in [0.05, 0.1) is 15.6 Å². The lowest BCUT2D eigenvalue weighted by atomic mass is 10.2. The van der Waals surface area contributed by atoms with Gasteiger partial charge in [0, 0.05) is 18.7 Å². The first kappa shape index (κ1) is 13.9. The van der Waals surface area contributed by atoms with Crippen LogP contribution in [0.1, 0.15) is 6.92 Å². The predicted molar refractivity (Wildman–Crippen MR) is 65.4 cm³/mol. The maximum atomic E-state index is 11.4. The topological polar surface area (TPSA) is 101 Å². The summed E-state index contributed by atoms with van der Waals surface area (Å²) in [5, 5.41) is 15.2. The largest absolute Gasteiger partial charge is 0.348 e. The molecule has 0 saturated carbocycles. The van der Waals surface area contributed by atoms with Crippen molar-refractivity contribution in [2.75, 3.05) is 11.9 Å². The molecule has 1 aromatic carbocycles. The molecule has 0 aliphatic carbocycles. The number of non-ortho nitro benzene ring substituents is 1. The molecule has 0 aliphatic rings. The van der Waals surface area contributed by atoms with Gasteiger partial charge in [-0.15, -0.1) is 0 Å². The van der Waals surface area contributed by atoms with Crippen LogP contribution in [0.15, 0.2) is 18.2 Å². The van der Waals surface area contributed by atoms with Gasteiger partial charge in [-0.05, 0) is 13.0 Å². The minimum atomic E-state index is -0.931. The van der Waals surface area contributed by atoms with Gasteiger partial charge >= 0.3 is 11.8 Å². The summed E-state index contributed by atoms with van der Waals surface area (Å²) in [4.78, 5) is 32.5. The maximum Gasteiger partial charge on any atom is 0.313 e. The number of carbonyl (C=O) groups is 2. The standard InChI is InChI=1S/C10H10ClN3O4/c1-2-12-9(15)10(16)13-8-5-6(14(17)18)3-4-7(8)11/h3-5H,2H2,1H3,(H,12,15)(H,13,16). The number of hydrogen-bond acceptors (Lipinski definition) is 4. The molecule has 8 heteroatoms. The Kier molecular flexibility index (Phi) is 4.61. The van der Waals surface area contributed by atoms with E-state index in [1.807, 2.05) is 0 Å². The van der Waals surface area contributed by atoms with Crippen molar-refractivity contribution in [1.82, 2.24) is 5.32 Å². The first-order valence-corrected chi connectivity index (χ1v) is 5.36. The molecule has 0 radical (unpaired) electrons. The smallest absolute Gasteiger partial charge is 0.313 e. The lowest BCUT2D eigenvalue weighted by Gasteiger charge is -2.06. The summed E-state index contributed by atoms with van der Waals surface area (Å²) in [5.74, 6) is -1.76. The Balaban J connectivity index is 2.90. The number of nitrogens with one attached hydrogen (secondary N) is 2. The van der Waals surface area contributed by atoms with Crippen LogP contribution in [0.4, 0.5) is 11.4 Å². The number of nitrogens with zero attached hydrogens (tertiary/aromatic N) is 1. The highest BCUT2D eigenvalue weighted by Crippen LogP contribution is 2.26. The van der Waals surface area contributed by atoms with E-state index in [0.29, 0.717) is 6.54 Å². The predicted octanol–water partition coefficient (Wildman–Crippen LogP) is 1.32. The number of nitro benzene ring substituents is 1. The summed E-state index contributed by atoms with van der Waals surface area (Å²) in [6.45, 7) is 1.96. The summed E-state index contributed by atoms with van der Waals surface area (Å²) in [6, 6.07) is 3.55.